The molecule has 26 heavy (non-hydrogen) atoms. The van der Waals surface area contributed by atoms with E-state index in [9.17, 15) is 14.7 Å². The molecule has 2 aromatic carbocycles. The number of hydrogen-bond acceptors (Lipinski definition) is 6. The van der Waals surface area contributed by atoms with E-state index < -0.39 is 24.0 Å². The maximum atomic E-state index is 12.0. The molecule has 7 heteroatoms. The predicted octanol–water partition coefficient (Wildman–Crippen LogP) is 1.07. The van der Waals surface area contributed by atoms with Gasteiger partial charge in [0.25, 0.3) is 0 Å². The second-order valence-electron chi connectivity index (χ2n) is 6.05. The van der Waals surface area contributed by atoms with Crippen LogP contribution >= 0.6 is 0 Å². The number of rotatable bonds is 8. The summed E-state index contributed by atoms with van der Waals surface area (Å²) >= 11 is 0. The highest BCUT2D eigenvalue weighted by Crippen LogP contribution is 2.19. The molecular formula is C19H22N2O5. The fourth-order valence-corrected chi connectivity index (χ4v) is 2.49. The van der Waals surface area contributed by atoms with E-state index in [2.05, 4.69) is 0 Å². The first-order valence-corrected chi connectivity index (χ1v) is 8.13. The third kappa shape index (κ3) is 5.58. The number of aromatic carboxylic acids is 1. The number of phenols is 1. The van der Waals surface area contributed by atoms with Crippen molar-refractivity contribution in [2.24, 2.45) is 11.5 Å². The number of carboxylic acid groups (broad SMARTS) is 1. The Bertz CT molecular complexity index is 764. The number of ether oxygens (including phenoxy) is 1. The lowest BCUT2D eigenvalue weighted by Gasteiger charge is -2.16. The van der Waals surface area contributed by atoms with Gasteiger partial charge in [-0.15, -0.1) is 0 Å². The minimum atomic E-state index is -1.23. The predicted molar refractivity (Wildman–Crippen MR) is 95.8 cm³/mol. The molecule has 0 bridgehead atoms. The van der Waals surface area contributed by atoms with Crippen molar-refractivity contribution in [3.05, 3.63) is 65.2 Å². The summed E-state index contributed by atoms with van der Waals surface area (Å²) in [5, 5.41) is 18.5. The SMILES string of the molecule is N[C@H](COC(=O)[C@@H](N)Cc1ccccc1)Cc1ccc(O)c(C(=O)O)c1. The van der Waals surface area contributed by atoms with Crippen LogP contribution in [0.1, 0.15) is 21.5 Å². The van der Waals surface area contributed by atoms with Gasteiger partial charge in [0.15, 0.2) is 0 Å². The molecule has 0 aliphatic rings. The molecule has 2 rings (SSSR count). The summed E-state index contributed by atoms with van der Waals surface area (Å²) in [5.74, 6) is -2.08. The zero-order valence-corrected chi connectivity index (χ0v) is 14.2. The van der Waals surface area contributed by atoms with Gasteiger partial charge >= 0.3 is 11.9 Å². The molecule has 138 valence electrons. The minimum absolute atomic E-state index is 0.0371. The Balaban J connectivity index is 1.84. The molecule has 0 unspecified atom stereocenters. The zero-order chi connectivity index (χ0) is 19.1. The molecule has 6 N–H and O–H groups in total. The largest absolute Gasteiger partial charge is 0.507 e. The number of aromatic hydroxyl groups is 1. The lowest BCUT2D eigenvalue weighted by atomic mass is 10.0. The summed E-state index contributed by atoms with van der Waals surface area (Å²) in [7, 11) is 0. The number of carboxylic acids is 1. The Hall–Kier alpha value is -2.90. The van der Waals surface area contributed by atoms with E-state index in [1.54, 1.807) is 6.07 Å². The van der Waals surface area contributed by atoms with Crippen molar-refractivity contribution in [1.82, 2.24) is 0 Å². The van der Waals surface area contributed by atoms with E-state index in [1.807, 2.05) is 30.3 Å². The highest BCUT2D eigenvalue weighted by Gasteiger charge is 2.18. The van der Waals surface area contributed by atoms with Crippen LogP contribution in [0.2, 0.25) is 0 Å². The van der Waals surface area contributed by atoms with E-state index in [0.29, 0.717) is 18.4 Å². The average molecular weight is 358 g/mol. The molecule has 0 spiro atoms. The maximum absolute atomic E-state index is 12.0. The van der Waals surface area contributed by atoms with Gasteiger partial charge in [-0.3, -0.25) is 4.79 Å². The number of esters is 1. The van der Waals surface area contributed by atoms with Crippen LogP contribution in [0.5, 0.6) is 5.75 Å². The Morgan fingerprint density at radius 1 is 1.00 bits per heavy atom. The van der Waals surface area contributed by atoms with Crippen LogP contribution in [-0.2, 0) is 22.4 Å². The van der Waals surface area contributed by atoms with Gasteiger partial charge in [-0.2, -0.15) is 0 Å². The zero-order valence-electron chi connectivity index (χ0n) is 14.2. The molecule has 0 saturated carbocycles. The quantitative estimate of drug-likeness (QED) is 0.518. The number of benzene rings is 2. The van der Waals surface area contributed by atoms with Crippen molar-refractivity contribution in [3.8, 4) is 5.75 Å². The molecule has 0 radical (unpaired) electrons. The third-order valence-corrected chi connectivity index (χ3v) is 3.83. The third-order valence-electron chi connectivity index (χ3n) is 3.83. The molecule has 0 aliphatic heterocycles. The minimum Gasteiger partial charge on any atom is -0.507 e. The summed E-state index contributed by atoms with van der Waals surface area (Å²) < 4.78 is 5.16. The van der Waals surface area contributed by atoms with Crippen molar-refractivity contribution in [2.45, 2.75) is 24.9 Å². The summed E-state index contributed by atoms with van der Waals surface area (Å²) in [6.07, 6.45) is 0.663. The molecule has 0 aromatic heterocycles. The Morgan fingerprint density at radius 3 is 2.35 bits per heavy atom. The van der Waals surface area contributed by atoms with Crippen LogP contribution in [0.15, 0.2) is 48.5 Å². The van der Waals surface area contributed by atoms with Crippen LogP contribution in [0.3, 0.4) is 0 Å². The lowest BCUT2D eigenvalue weighted by Crippen LogP contribution is -2.38. The number of carbonyl (C=O) groups is 2. The number of nitrogens with two attached hydrogens (primary N) is 2. The highest BCUT2D eigenvalue weighted by molar-refractivity contribution is 5.90. The van der Waals surface area contributed by atoms with Crippen LogP contribution in [0.4, 0.5) is 0 Å². The summed E-state index contributed by atoms with van der Waals surface area (Å²) in [6.45, 7) is -0.0371. The second kappa shape index (κ2) is 8.98. The van der Waals surface area contributed by atoms with Crippen molar-refractivity contribution in [2.75, 3.05) is 6.61 Å². The Kier molecular flexibility index (Phi) is 6.71. The van der Waals surface area contributed by atoms with Crippen molar-refractivity contribution >= 4 is 11.9 Å². The van der Waals surface area contributed by atoms with Gasteiger partial charge in [0.1, 0.15) is 24.0 Å². The van der Waals surface area contributed by atoms with Crippen molar-refractivity contribution < 1.29 is 24.5 Å². The molecule has 0 aliphatic carbocycles. The molecule has 2 atom stereocenters. The van der Waals surface area contributed by atoms with Crippen LogP contribution in [0, 0.1) is 0 Å². The van der Waals surface area contributed by atoms with Gasteiger partial charge in [-0.05, 0) is 36.1 Å². The fraction of sp³-hybridized carbons (Fsp3) is 0.263. The standard InChI is InChI=1S/C19H22N2O5/c20-14(8-13-6-7-17(22)15(9-13)18(23)24)11-26-19(25)16(21)10-12-4-2-1-3-5-12/h1-7,9,14,16,22H,8,10-11,20-21H2,(H,23,24)/t14-,16-/m0/s1. The fourth-order valence-electron chi connectivity index (χ4n) is 2.49. The molecule has 2 aromatic rings. The summed E-state index contributed by atoms with van der Waals surface area (Å²) in [4.78, 5) is 23.0. The first kappa shape index (κ1) is 19.4. The molecule has 0 heterocycles. The average Bonchev–Trinajstić information content (AvgIpc) is 2.61. The molecule has 0 amide bonds. The van der Waals surface area contributed by atoms with Crippen molar-refractivity contribution in [3.63, 3.8) is 0 Å². The van der Waals surface area contributed by atoms with Crippen LogP contribution in [0.25, 0.3) is 0 Å². The Morgan fingerprint density at radius 2 is 1.69 bits per heavy atom. The van der Waals surface area contributed by atoms with Crippen LogP contribution in [-0.4, -0.2) is 40.8 Å². The van der Waals surface area contributed by atoms with Gasteiger partial charge in [-0.1, -0.05) is 36.4 Å². The molecular weight excluding hydrogens is 336 g/mol. The van der Waals surface area contributed by atoms with E-state index in [0.717, 1.165) is 5.56 Å². The maximum Gasteiger partial charge on any atom is 0.339 e. The molecule has 0 fully saturated rings. The van der Waals surface area contributed by atoms with Gasteiger partial charge in [0.2, 0.25) is 0 Å². The smallest absolute Gasteiger partial charge is 0.339 e. The second-order valence-corrected chi connectivity index (χ2v) is 6.05. The first-order valence-electron chi connectivity index (χ1n) is 8.13. The van der Waals surface area contributed by atoms with Gasteiger partial charge in [-0.25, -0.2) is 4.79 Å². The molecule has 7 nitrogen and oxygen atoms in total. The van der Waals surface area contributed by atoms with Crippen LogP contribution < -0.4 is 11.5 Å². The molecule has 0 saturated heterocycles. The summed E-state index contributed by atoms with van der Waals surface area (Å²) in [6, 6.07) is 12.3. The topological polar surface area (TPSA) is 136 Å². The highest BCUT2D eigenvalue weighted by atomic mass is 16.5. The number of carbonyl (C=O) groups excluding carboxylic acids is 1. The van der Waals surface area contributed by atoms with E-state index in [1.165, 1.54) is 12.1 Å². The normalized spacial score (nSPS) is 13.0. The Labute approximate surface area is 151 Å². The number of hydrogen-bond donors (Lipinski definition) is 4. The van der Waals surface area contributed by atoms with E-state index >= 15 is 0 Å². The van der Waals surface area contributed by atoms with Gasteiger partial charge in [0, 0.05) is 6.04 Å². The lowest BCUT2D eigenvalue weighted by molar-refractivity contribution is -0.145. The van der Waals surface area contributed by atoms with E-state index in [4.69, 9.17) is 21.3 Å². The first-order chi connectivity index (χ1) is 12.4. The van der Waals surface area contributed by atoms with Gasteiger partial charge in [0.05, 0.1) is 0 Å². The monoisotopic (exact) mass is 358 g/mol. The van der Waals surface area contributed by atoms with Gasteiger partial charge < -0.3 is 26.4 Å². The van der Waals surface area contributed by atoms with Crippen molar-refractivity contribution in [1.29, 1.82) is 0 Å². The summed E-state index contributed by atoms with van der Waals surface area (Å²) in [5.41, 5.74) is 13.2. The van der Waals surface area contributed by atoms with E-state index in [-0.39, 0.29) is 17.9 Å².